The molecule has 0 bridgehead atoms. The van der Waals surface area contributed by atoms with Gasteiger partial charge in [-0.1, -0.05) is 11.3 Å². The zero-order valence-electron chi connectivity index (χ0n) is 13.7. The minimum Gasteiger partial charge on any atom is -0.465 e. The lowest BCUT2D eigenvalue weighted by Crippen LogP contribution is -2.41. The maximum Gasteiger partial charge on any atom is 0.498 e. The van der Waals surface area contributed by atoms with Crippen LogP contribution in [0, 0.1) is 0 Å². The first-order chi connectivity index (χ1) is 10.7. The van der Waals surface area contributed by atoms with E-state index in [2.05, 4.69) is 14.8 Å². The predicted molar refractivity (Wildman–Crippen MR) is 86.3 cm³/mol. The van der Waals surface area contributed by atoms with Gasteiger partial charge in [-0.05, 0) is 27.7 Å². The summed E-state index contributed by atoms with van der Waals surface area (Å²) in [5.74, 6) is -0.410. The Morgan fingerprint density at radius 2 is 1.91 bits per heavy atom. The molecule has 0 atom stereocenters. The molecule has 0 aliphatic carbocycles. The van der Waals surface area contributed by atoms with Crippen LogP contribution in [-0.4, -0.2) is 46.2 Å². The molecule has 0 unspecified atom stereocenters. The van der Waals surface area contributed by atoms with Gasteiger partial charge in [0.15, 0.2) is 0 Å². The van der Waals surface area contributed by atoms with E-state index in [9.17, 15) is 4.79 Å². The van der Waals surface area contributed by atoms with E-state index in [-0.39, 0.29) is 0 Å². The van der Waals surface area contributed by atoms with Crippen LogP contribution in [0.25, 0.3) is 5.13 Å². The highest BCUT2D eigenvalue weighted by Crippen LogP contribution is 2.36. The summed E-state index contributed by atoms with van der Waals surface area (Å²) in [5.41, 5.74) is -0.00340. The normalized spacial score (nSPS) is 19.1. The number of hydrogen-bond donors (Lipinski definition) is 0. The number of esters is 1. The van der Waals surface area contributed by atoms with E-state index in [0.29, 0.717) is 10.0 Å². The van der Waals surface area contributed by atoms with Crippen LogP contribution in [0.3, 0.4) is 0 Å². The van der Waals surface area contributed by atoms with E-state index in [4.69, 9.17) is 9.31 Å². The van der Waals surface area contributed by atoms with Crippen molar-refractivity contribution in [3.8, 4) is 5.13 Å². The van der Waals surface area contributed by atoms with Gasteiger partial charge in [0.25, 0.3) is 0 Å². The van der Waals surface area contributed by atoms with E-state index in [1.54, 1.807) is 17.1 Å². The van der Waals surface area contributed by atoms with Crippen molar-refractivity contribution in [1.29, 1.82) is 0 Å². The number of hydrogen-bond acceptors (Lipinski definition) is 7. The third kappa shape index (κ3) is 2.80. The molecule has 1 fully saturated rings. The smallest absolute Gasteiger partial charge is 0.465 e. The highest BCUT2D eigenvalue weighted by Gasteiger charge is 2.52. The van der Waals surface area contributed by atoms with Crippen LogP contribution in [0.15, 0.2) is 18.6 Å². The first kappa shape index (κ1) is 16.2. The summed E-state index contributed by atoms with van der Waals surface area (Å²) >= 11 is 1.21. The fraction of sp³-hybridized carbons (Fsp3) is 0.500. The van der Waals surface area contributed by atoms with Crippen molar-refractivity contribution >= 4 is 29.9 Å². The molecule has 7 nitrogen and oxygen atoms in total. The van der Waals surface area contributed by atoms with Gasteiger partial charge in [-0.15, -0.1) is 0 Å². The Bertz CT molecular complexity index is 724. The van der Waals surface area contributed by atoms with E-state index in [0.717, 1.165) is 5.46 Å². The number of rotatable bonds is 3. The molecule has 122 valence electrons. The van der Waals surface area contributed by atoms with Crippen molar-refractivity contribution in [1.82, 2.24) is 14.8 Å². The minimum atomic E-state index is -0.478. The monoisotopic (exact) mass is 335 g/mol. The molecule has 9 heteroatoms. The number of ether oxygens (including phenoxy) is 1. The average molecular weight is 335 g/mol. The summed E-state index contributed by atoms with van der Waals surface area (Å²) in [5, 5.41) is 4.85. The first-order valence-corrected chi connectivity index (χ1v) is 8.00. The molecule has 1 aliphatic heterocycles. The highest BCUT2D eigenvalue weighted by atomic mass is 32.1. The van der Waals surface area contributed by atoms with Gasteiger partial charge < -0.3 is 14.0 Å². The first-order valence-electron chi connectivity index (χ1n) is 7.18. The van der Waals surface area contributed by atoms with Gasteiger partial charge in [0.2, 0.25) is 5.13 Å². The van der Waals surface area contributed by atoms with Gasteiger partial charge in [-0.2, -0.15) is 5.10 Å². The lowest BCUT2D eigenvalue weighted by atomic mass is 9.82. The molecule has 1 aliphatic rings. The Balaban J connectivity index is 1.82. The summed E-state index contributed by atoms with van der Waals surface area (Å²) in [4.78, 5) is 16.1. The molecule has 3 rings (SSSR count). The summed E-state index contributed by atoms with van der Waals surface area (Å²) in [6.07, 6.45) is 4.95. The van der Waals surface area contributed by atoms with Crippen molar-refractivity contribution in [2.24, 2.45) is 0 Å². The second-order valence-corrected chi connectivity index (χ2v) is 7.31. The second-order valence-electron chi connectivity index (χ2n) is 6.31. The van der Waals surface area contributed by atoms with Crippen molar-refractivity contribution < 1.29 is 18.8 Å². The average Bonchev–Trinajstić information content (AvgIpc) is 3.16. The Kier molecular flexibility index (Phi) is 3.82. The van der Waals surface area contributed by atoms with Crippen molar-refractivity contribution in [3.05, 3.63) is 23.5 Å². The van der Waals surface area contributed by atoms with E-state index < -0.39 is 24.3 Å². The summed E-state index contributed by atoms with van der Waals surface area (Å²) < 4.78 is 18.3. The van der Waals surface area contributed by atoms with Crippen LogP contribution in [0.5, 0.6) is 0 Å². The largest absolute Gasteiger partial charge is 0.498 e. The van der Waals surface area contributed by atoms with Crippen LogP contribution in [0.4, 0.5) is 0 Å². The maximum absolute atomic E-state index is 11.5. The maximum atomic E-state index is 11.5. The number of methoxy groups -OCH3 is 1. The van der Waals surface area contributed by atoms with Crippen LogP contribution in [-0.2, 0) is 14.0 Å². The van der Waals surface area contributed by atoms with Crippen LogP contribution < -0.4 is 5.46 Å². The SMILES string of the molecule is COC(=O)c1cnc(-n2cc(B3OC(C)(C)C(C)(C)O3)cn2)s1. The second kappa shape index (κ2) is 5.43. The molecule has 23 heavy (non-hydrogen) atoms. The standard InChI is InChI=1S/C14H18BN3O4S/c1-13(2)14(3,4)22-15(21-13)9-6-17-18(8-9)12-16-7-10(23-12)11(19)20-5/h6-8H,1-5H3. The van der Waals surface area contributed by atoms with E-state index >= 15 is 0 Å². The number of nitrogens with zero attached hydrogens (tertiary/aromatic N) is 3. The van der Waals surface area contributed by atoms with Crippen LogP contribution >= 0.6 is 11.3 Å². The van der Waals surface area contributed by atoms with E-state index in [1.807, 2.05) is 27.7 Å². The molecule has 0 amide bonds. The minimum absolute atomic E-state index is 0.404. The zero-order chi connectivity index (χ0) is 16.8. The molecule has 0 aromatic carbocycles. The molecule has 0 spiro atoms. The van der Waals surface area contributed by atoms with Gasteiger partial charge in [0.1, 0.15) is 4.88 Å². The van der Waals surface area contributed by atoms with Crippen LogP contribution in [0.2, 0.25) is 0 Å². The molecular weight excluding hydrogens is 317 g/mol. The predicted octanol–water partition coefficient (Wildman–Crippen LogP) is 1.41. The Morgan fingerprint density at radius 3 is 2.52 bits per heavy atom. The van der Waals surface area contributed by atoms with Gasteiger partial charge in [0.05, 0.1) is 24.5 Å². The molecule has 0 saturated carbocycles. The lowest BCUT2D eigenvalue weighted by Gasteiger charge is -2.32. The Labute approximate surface area is 138 Å². The Hall–Kier alpha value is -1.71. The molecule has 2 aromatic heterocycles. The molecule has 0 radical (unpaired) electrons. The number of carbonyl (C=O) groups is 1. The summed E-state index contributed by atoms with van der Waals surface area (Å²) in [6.45, 7) is 8.00. The fourth-order valence-corrected chi connectivity index (χ4v) is 2.88. The third-order valence-electron chi connectivity index (χ3n) is 4.20. The van der Waals surface area contributed by atoms with Crippen molar-refractivity contribution in [2.75, 3.05) is 7.11 Å². The zero-order valence-corrected chi connectivity index (χ0v) is 14.5. The quantitative estimate of drug-likeness (QED) is 0.624. The molecule has 0 N–H and O–H groups in total. The highest BCUT2D eigenvalue weighted by molar-refractivity contribution is 7.15. The third-order valence-corrected chi connectivity index (χ3v) is 5.17. The van der Waals surface area contributed by atoms with Gasteiger partial charge in [-0.3, -0.25) is 0 Å². The van der Waals surface area contributed by atoms with Crippen molar-refractivity contribution in [3.63, 3.8) is 0 Å². The molecular formula is C14H18BN3O4S. The molecule has 2 aromatic rings. The van der Waals surface area contributed by atoms with Crippen molar-refractivity contribution in [2.45, 2.75) is 38.9 Å². The lowest BCUT2D eigenvalue weighted by molar-refractivity contribution is 0.00578. The fourth-order valence-electron chi connectivity index (χ4n) is 2.11. The van der Waals surface area contributed by atoms with Crippen LogP contribution in [0.1, 0.15) is 37.4 Å². The summed E-state index contributed by atoms with van der Waals surface area (Å²) in [6, 6.07) is 0. The summed E-state index contributed by atoms with van der Waals surface area (Å²) in [7, 11) is 0.861. The number of carbonyl (C=O) groups excluding carboxylic acids is 1. The van der Waals surface area contributed by atoms with Gasteiger partial charge >= 0.3 is 13.1 Å². The van der Waals surface area contributed by atoms with E-state index in [1.165, 1.54) is 24.6 Å². The topological polar surface area (TPSA) is 75.5 Å². The molecule has 1 saturated heterocycles. The Morgan fingerprint density at radius 1 is 1.26 bits per heavy atom. The number of thiazole rings is 1. The number of aromatic nitrogens is 3. The van der Waals surface area contributed by atoms with Gasteiger partial charge in [0, 0.05) is 17.9 Å². The molecule has 3 heterocycles. The van der Waals surface area contributed by atoms with Gasteiger partial charge in [-0.25, -0.2) is 14.5 Å².